The average molecular weight is 251 g/mol. The van der Waals surface area contributed by atoms with Gasteiger partial charge in [-0.2, -0.15) is 0 Å². The van der Waals surface area contributed by atoms with E-state index >= 15 is 0 Å². The molecule has 0 aromatic carbocycles. The summed E-state index contributed by atoms with van der Waals surface area (Å²) in [4.78, 5) is 0. The minimum Gasteiger partial charge on any atom is -0.0845 e. The van der Waals surface area contributed by atoms with E-state index in [1.54, 1.807) is 6.08 Å². The quantitative estimate of drug-likeness (QED) is 0.463. The summed E-state index contributed by atoms with van der Waals surface area (Å²) in [5, 5.41) is 0. The smallest absolute Gasteiger partial charge is 0.0350 e. The van der Waals surface area contributed by atoms with Crippen LogP contribution in [0.25, 0.3) is 0 Å². The predicted octanol–water partition coefficient (Wildman–Crippen LogP) is 5.67. The van der Waals surface area contributed by atoms with Crippen LogP contribution in [0.3, 0.4) is 0 Å². The molecule has 0 aliphatic rings. The normalized spacial score (nSPS) is 13.7. The Bertz CT molecular complexity index is 396. The first-order valence-electron chi connectivity index (χ1n) is 6.62. The summed E-state index contributed by atoms with van der Waals surface area (Å²) in [6.45, 7) is 7.37. The van der Waals surface area contributed by atoms with Crippen LogP contribution in [0.5, 0.6) is 0 Å². The molecule has 0 unspecified atom stereocenters. The molecule has 0 nitrogen and oxygen atoms in total. The van der Waals surface area contributed by atoms with E-state index < -0.39 is 0 Å². The van der Waals surface area contributed by atoms with Crippen LogP contribution in [-0.2, 0) is 0 Å². The largest absolute Gasteiger partial charge is 0.0845 e. The molecule has 0 aromatic heterocycles. The number of hydrogen-bond donors (Lipinski definition) is 0. The van der Waals surface area contributed by atoms with Crippen molar-refractivity contribution in [3.63, 3.8) is 0 Å². The topological polar surface area (TPSA) is 0 Å². The molecule has 0 spiro atoms. The second-order valence-electron chi connectivity index (χ2n) is 3.72. The molecular weight excluding hydrogens is 228 g/mol. The first-order chi connectivity index (χ1) is 9.41. The van der Waals surface area contributed by atoms with Crippen LogP contribution in [0.4, 0.5) is 0 Å². The molecule has 0 fully saturated rings. The molecular formula is C19H23. The van der Waals surface area contributed by atoms with E-state index in [9.17, 15) is 0 Å². The van der Waals surface area contributed by atoms with Gasteiger partial charge >= 0.3 is 0 Å². The number of rotatable bonds is 9. The number of allylic oxidation sites excluding steroid dienone is 15. The second kappa shape index (κ2) is 15.9. The van der Waals surface area contributed by atoms with E-state index in [1.165, 1.54) is 12.5 Å². The maximum absolute atomic E-state index is 5.19. The Balaban J connectivity index is 3.78. The van der Waals surface area contributed by atoms with Gasteiger partial charge in [-0.15, -0.1) is 0 Å². The Morgan fingerprint density at radius 2 is 0.947 bits per heavy atom. The van der Waals surface area contributed by atoms with E-state index in [2.05, 4.69) is 19.1 Å². The van der Waals surface area contributed by atoms with Gasteiger partial charge in [-0.05, 0) is 6.42 Å². The summed E-state index contributed by atoms with van der Waals surface area (Å²) in [5.41, 5.74) is 0. The van der Waals surface area contributed by atoms with Crippen molar-refractivity contribution in [2.75, 3.05) is 0 Å². The van der Waals surface area contributed by atoms with Gasteiger partial charge in [-0.25, -0.2) is 0 Å². The SMILES string of the molecule is [CH]=CC=CC=CC=CC=CC=CC=CC=CCCC. The third kappa shape index (κ3) is 15.9. The van der Waals surface area contributed by atoms with E-state index in [0.29, 0.717) is 0 Å². The minimum atomic E-state index is 1.14. The number of hydrogen-bond acceptors (Lipinski definition) is 0. The summed E-state index contributed by atoms with van der Waals surface area (Å²) >= 11 is 0. The van der Waals surface area contributed by atoms with Gasteiger partial charge < -0.3 is 0 Å². The Morgan fingerprint density at radius 1 is 0.579 bits per heavy atom. The minimum absolute atomic E-state index is 1.14. The van der Waals surface area contributed by atoms with Gasteiger partial charge in [-0.3, -0.25) is 0 Å². The van der Waals surface area contributed by atoms with Crippen molar-refractivity contribution >= 4 is 0 Å². The van der Waals surface area contributed by atoms with Crippen molar-refractivity contribution in [1.29, 1.82) is 0 Å². The lowest BCUT2D eigenvalue weighted by Crippen LogP contribution is -1.58. The van der Waals surface area contributed by atoms with Crippen LogP contribution in [0.2, 0.25) is 0 Å². The van der Waals surface area contributed by atoms with Gasteiger partial charge in [0.1, 0.15) is 0 Å². The Hall–Kier alpha value is -2.08. The Labute approximate surface area is 118 Å². The zero-order valence-corrected chi connectivity index (χ0v) is 11.7. The highest BCUT2D eigenvalue weighted by Gasteiger charge is 1.68. The van der Waals surface area contributed by atoms with Crippen LogP contribution >= 0.6 is 0 Å². The fourth-order valence-electron chi connectivity index (χ4n) is 1.11. The van der Waals surface area contributed by atoms with Crippen LogP contribution < -0.4 is 0 Å². The summed E-state index contributed by atoms with van der Waals surface area (Å²) in [5.74, 6) is 0. The summed E-state index contributed by atoms with van der Waals surface area (Å²) < 4.78 is 0. The lowest BCUT2D eigenvalue weighted by molar-refractivity contribution is 0.959. The summed E-state index contributed by atoms with van der Waals surface area (Å²) in [6.07, 6.45) is 31.6. The molecule has 0 heteroatoms. The third-order valence-electron chi connectivity index (χ3n) is 2.04. The standard InChI is InChI=1S/C19H23/c1-3-5-7-9-11-13-15-17-19-18-16-14-12-10-8-6-4-2/h1,3,5,7-19H,4,6H2,2H3. The van der Waals surface area contributed by atoms with Gasteiger partial charge in [0.2, 0.25) is 0 Å². The van der Waals surface area contributed by atoms with Crippen LogP contribution in [0.1, 0.15) is 19.8 Å². The molecule has 0 heterocycles. The molecule has 0 rings (SSSR count). The van der Waals surface area contributed by atoms with Gasteiger partial charge in [-0.1, -0.05) is 111 Å². The third-order valence-corrected chi connectivity index (χ3v) is 2.04. The fraction of sp³-hybridized carbons (Fsp3) is 0.158. The molecule has 0 aliphatic heterocycles. The van der Waals surface area contributed by atoms with Gasteiger partial charge in [0.05, 0.1) is 0 Å². The molecule has 0 saturated heterocycles. The van der Waals surface area contributed by atoms with E-state index in [-0.39, 0.29) is 0 Å². The lowest BCUT2D eigenvalue weighted by atomic mass is 10.3. The Kier molecular flexibility index (Phi) is 14.2. The highest BCUT2D eigenvalue weighted by molar-refractivity contribution is 5.20. The van der Waals surface area contributed by atoms with Crippen molar-refractivity contribution in [2.24, 2.45) is 0 Å². The van der Waals surface area contributed by atoms with Crippen LogP contribution in [0, 0.1) is 6.58 Å². The van der Waals surface area contributed by atoms with Gasteiger partial charge in [0.25, 0.3) is 0 Å². The van der Waals surface area contributed by atoms with Crippen LogP contribution in [0.15, 0.2) is 91.1 Å². The van der Waals surface area contributed by atoms with Crippen LogP contribution in [-0.4, -0.2) is 0 Å². The van der Waals surface area contributed by atoms with E-state index in [1.807, 2.05) is 66.8 Å². The molecule has 99 valence electrons. The van der Waals surface area contributed by atoms with Gasteiger partial charge in [0, 0.05) is 0 Å². The maximum atomic E-state index is 5.19. The molecule has 0 atom stereocenters. The molecule has 0 aliphatic carbocycles. The second-order valence-corrected chi connectivity index (χ2v) is 3.72. The van der Waals surface area contributed by atoms with Crippen molar-refractivity contribution in [1.82, 2.24) is 0 Å². The van der Waals surface area contributed by atoms with Crippen molar-refractivity contribution in [2.45, 2.75) is 19.8 Å². The highest BCUT2D eigenvalue weighted by atomic mass is 13.8. The lowest BCUT2D eigenvalue weighted by Gasteiger charge is -1.79. The van der Waals surface area contributed by atoms with E-state index in [0.717, 1.165) is 6.42 Å². The molecule has 0 saturated carbocycles. The fourth-order valence-corrected chi connectivity index (χ4v) is 1.11. The first-order valence-corrected chi connectivity index (χ1v) is 6.62. The molecule has 0 N–H and O–H groups in total. The first kappa shape index (κ1) is 16.9. The molecule has 19 heavy (non-hydrogen) atoms. The number of unbranched alkanes of at least 4 members (excludes halogenated alkanes) is 1. The average Bonchev–Trinajstić information content (AvgIpc) is 2.43. The molecule has 0 aromatic rings. The summed E-state index contributed by atoms with van der Waals surface area (Å²) in [6, 6.07) is 0. The molecule has 0 bridgehead atoms. The summed E-state index contributed by atoms with van der Waals surface area (Å²) in [7, 11) is 0. The van der Waals surface area contributed by atoms with E-state index in [4.69, 9.17) is 6.58 Å². The zero-order valence-electron chi connectivity index (χ0n) is 11.7. The van der Waals surface area contributed by atoms with Crippen molar-refractivity contribution in [3.05, 3.63) is 97.7 Å². The molecule has 1 radical (unpaired) electrons. The Morgan fingerprint density at radius 3 is 1.32 bits per heavy atom. The maximum Gasteiger partial charge on any atom is -0.0350 e. The monoisotopic (exact) mass is 251 g/mol. The highest BCUT2D eigenvalue weighted by Crippen LogP contribution is 1.89. The predicted molar refractivity (Wildman–Crippen MR) is 87.8 cm³/mol. The molecule has 0 amide bonds. The van der Waals surface area contributed by atoms with Gasteiger partial charge in [0.15, 0.2) is 0 Å². The zero-order chi connectivity index (χ0) is 14.0. The van der Waals surface area contributed by atoms with Crippen molar-refractivity contribution < 1.29 is 0 Å². The van der Waals surface area contributed by atoms with Crippen molar-refractivity contribution in [3.8, 4) is 0 Å².